The molecule has 1 aromatic carbocycles. The van der Waals surface area contributed by atoms with Crippen LogP contribution >= 0.6 is 27.5 Å². The van der Waals surface area contributed by atoms with E-state index in [1.807, 2.05) is 0 Å². The number of hydrogen-bond acceptors (Lipinski definition) is 2. The highest BCUT2D eigenvalue weighted by molar-refractivity contribution is 9.10. The van der Waals surface area contributed by atoms with Gasteiger partial charge in [0.1, 0.15) is 0 Å². The molecule has 116 valence electrons. The molecule has 0 aliphatic rings. The van der Waals surface area contributed by atoms with Gasteiger partial charge in [-0.25, -0.2) is 4.79 Å². The Balaban J connectivity index is 2.67. The predicted molar refractivity (Wildman–Crippen MR) is 86.8 cm³/mol. The van der Waals surface area contributed by atoms with Gasteiger partial charge in [-0.05, 0) is 31.0 Å². The SMILES string of the molecule is CCC(CC)(CNC(=O)Nc1ccc(Br)cc1Cl)C(=O)O. The number of benzene rings is 1. The molecule has 5 nitrogen and oxygen atoms in total. The fourth-order valence-electron chi connectivity index (χ4n) is 1.88. The molecule has 0 spiro atoms. The van der Waals surface area contributed by atoms with Crippen molar-refractivity contribution in [3.63, 3.8) is 0 Å². The third-order valence-corrected chi connectivity index (χ3v) is 4.38. The molecule has 1 aromatic rings. The van der Waals surface area contributed by atoms with Crippen LogP contribution < -0.4 is 10.6 Å². The van der Waals surface area contributed by atoms with Crippen LogP contribution in [0.3, 0.4) is 0 Å². The van der Waals surface area contributed by atoms with Gasteiger partial charge in [-0.1, -0.05) is 41.4 Å². The number of carbonyl (C=O) groups excluding carboxylic acids is 1. The Morgan fingerprint density at radius 1 is 1.33 bits per heavy atom. The van der Waals surface area contributed by atoms with Crippen LogP contribution in [0.4, 0.5) is 10.5 Å². The van der Waals surface area contributed by atoms with E-state index in [4.69, 9.17) is 11.6 Å². The predicted octanol–water partition coefficient (Wildman–Crippen LogP) is 4.12. The highest BCUT2D eigenvalue weighted by Gasteiger charge is 2.35. The van der Waals surface area contributed by atoms with Crippen LogP contribution in [0, 0.1) is 5.41 Å². The van der Waals surface area contributed by atoms with Gasteiger partial charge >= 0.3 is 12.0 Å². The molecular weight excluding hydrogens is 360 g/mol. The summed E-state index contributed by atoms with van der Waals surface area (Å²) in [5, 5.41) is 14.9. The summed E-state index contributed by atoms with van der Waals surface area (Å²) >= 11 is 9.28. The van der Waals surface area contributed by atoms with Gasteiger partial charge in [-0.2, -0.15) is 0 Å². The molecule has 0 radical (unpaired) electrons. The Hall–Kier alpha value is -1.27. The first kappa shape index (κ1) is 17.8. The molecule has 0 saturated carbocycles. The highest BCUT2D eigenvalue weighted by Crippen LogP contribution is 2.27. The van der Waals surface area contributed by atoms with E-state index in [9.17, 15) is 14.7 Å². The molecule has 0 aliphatic heterocycles. The lowest BCUT2D eigenvalue weighted by Crippen LogP contribution is -2.43. The van der Waals surface area contributed by atoms with Crippen molar-refractivity contribution in [2.24, 2.45) is 5.41 Å². The number of halogens is 2. The lowest BCUT2D eigenvalue weighted by Gasteiger charge is -2.26. The van der Waals surface area contributed by atoms with Crippen molar-refractivity contribution in [3.8, 4) is 0 Å². The number of amides is 2. The monoisotopic (exact) mass is 376 g/mol. The van der Waals surface area contributed by atoms with Gasteiger partial charge in [0.25, 0.3) is 0 Å². The summed E-state index contributed by atoms with van der Waals surface area (Å²) < 4.78 is 0.806. The smallest absolute Gasteiger partial charge is 0.319 e. The molecule has 3 N–H and O–H groups in total. The van der Waals surface area contributed by atoms with Gasteiger partial charge in [0.05, 0.1) is 16.1 Å². The fourth-order valence-corrected chi connectivity index (χ4v) is 2.61. The van der Waals surface area contributed by atoms with Crippen molar-refractivity contribution in [2.45, 2.75) is 26.7 Å². The number of anilines is 1. The first-order chi connectivity index (χ1) is 9.84. The first-order valence-electron chi connectivity index (χ1n) is 6.58. The number of aliphatic carboxylic acids is 1. The second-order valence-corrected chi connectivity index (χ2v) is 6.05. The number of carboxylic acids is 1. The van der Waals surface area contributed by atoms with Gasteiger partial charge < -0.3 is 15.7 Å². The normalized spacial score (nSPS) is 11.0. The molecule has 7 heteroatoms. The van der Waals surface area contributed by atoms with Crippen molar-refractivity contribution >= 4 is 45.2 Å². The van der Waals surface area contributed by atoms with Crippen molar-refractivity contribution in [1.29, 1.82) is 0 Å². The van der Waals surface area contributed by atoms with E-state index in [-0.39, 0.29) is 6.54 Å². The molecule has 2 amide bonds. The zero-order valence-electron chi connectivity index (χ0n) is 11.9. The minimum Gasteiger partial charge on any atom is -0.481 e. The summed E-state index contributed by atoms with van der Waals surface area (Å²) in [6.07, 6.45) is 0.885. The maximum atomic E-state index is 11.9. The van der Waals surface area contributed by atoms with E-state index in [2.05, 4.69) is 26.6 Å². The summed E-state index contributed by atoms with van der Waals surface area (Å²) in [7, 11) is 0. The van der Waals surface area contributed by atoms with Crippen molar-refractivity contribution < 1.29 is 14.7 Å². The lowest BCUT2D eigenvalue weighted by molar-refractivity contribution is -0.149. The van der Waals surface area contributed by atoms with E-state index < -0.39 is 17.4 Å². The molecular formula is C14H18BrClN2O3. The van der Waals surface area contributed by atoms with Crippen molar-refractivity contribution in [3.05, 3.63) is 27.7 Å². The van der Waals surface area contributed by atoms with Crippen LogP contribution in [0.15, 0.2) is 22.7 Å². The minimum atomic E-state index is -0.944. The quantitative estimate of drug-likeness (QED) is 0.698. The van der Waals surface area contributed by atoms with E-state index in [1.165, 1.54) is 0 Å². The summed E-state index contributed by atoms with van der Waals surface area (Å²) in [5.74, 6) is -0.908. The summed E-state index contributed by atoms with van der Waals surface area (Å²) in [4.78, 5) is 23.2. The Kier molecular flexibility index (Phi) is 6.48. The van der Waals surface area contributed by atoms with E-state index in [0.29, 0.717) is 23.6 Å². The molecule has 0 aliphatic carbocycles. The van der Waals surface area contributed by atoms with Crippen LogP contribution in [0.1, 0.15) is 26.7 Å². The second kappa shape index (κ2) is 7.66. The minimum absolute atomic E-state index is 0.0648. The average molecular weight is 378 g/mol. The molecule has 0 heterocycles. The number of hydrogen-bond donors (Lipinski definition) is 3. The van der Waals surface area contributed by atoms with Crippen molar-refractivity contribution in [1.82, 2.24) is 5.32 Å². The number of rotatable bonds is 6. The molecule has 0 saturated heterocycles. The highest BCUT2D eigenvalue weighted by atomic mass is 79.9. The molecule has 0 atom stereocenters. The zero-order chi connectivity index (χ0) is 16.0. The average Bonchev–Trinajstić information content (AvgIpc) is 2.43. The number of urea groups is 1. The maximum absolute atomic E-state index is 11.9. The van der Waals surface area contributed by atoms with Crippen LogP contribution in [0.2, 0.25) is 5.02 Å². The largest absolute Gasteiger partial charge is 0.481 e. The van der Waals surface area contributed by atoms with Crippen LogP contribution in [-0.4, -0.2) is 23.7 Å². The maximum Gasteiger partial charge on any atom is 0.319 e. The molecule has 1 rings (SSSR count). The van der Waals surface area contributed by atoms with E-state index in [1.54, 1.807) is 32.0 Å². The topological polar surface area (TPSA) is 78.4 Å². The number of carboxylic acid groups (broad SMARTS) is 1. The third kappa shape index (κ3) is 4.61. The number of nitrogens with one attached hydrogen (secondary N) is 2. The molecule has 0 unspecified atom stereocenters. The van der Waals surface area contributed by atoms with E-state index >= 15 is 0 Å². The van der Waals surface area contributed by atoms with Crippen LogP contribution in [0.25, 0.3) is 0 Å². The molecule has 21 heavy (non-hydrogen) atoms. The molecule has 0 bridgehead atoms. The molecule has 0 aromatic heterocycles. The summed E-state index contributed by atoms with van der Waals surface area (Å²) in [5.41, 5.74) is -0.479. The Bertz CT molecular complexity index is 533. The Labute approximate surface area is 137 Å². The van der Waals surface area contributed by atoms with Gasteiger partial charge in [0.15, 0.2) is 0 Å². The van der Waals surface area contributed by atoms with Gasteiger partial charge in [0.2, 0.25) is 0 Å². The van der Waals surface area contributed by atoms with Crippen LogP contribution in [-0.2, 0) is 4.79 Å². The zero-order valence-corrected chi connectivity index (χ0v) is 14.2. The number of carbonyl (C=O) groups is 2. The third-order valence-electron chi connectivity index (χ3n) is 3.57. The second-order valence-electron chi connectivity index (χ2n) is 4.72. The van der Waals surface area contributed by atoms with Crippen molar-refractivity contribution in [2.75, 3.05) is 11.9 Å². The van der Waals surface area contributed by atoms with Gasteiger partial charge in [-0.15, -0.1) is 0 Å². The standard InChI is InChI=1S/C14H18BrClN2O3/c1-3-14(4-2,12(19)20)8-17-13(21)18-11-6-5-9(15)7-10(11)16/h5-7H,3-4,8H2,1-2H3,(H,19,20)(H2,17,18,21). The molecule has 0 fully saturated rings. The first-order valence-corrected chi connectivity index (χ1v) is 7.75. The summed E-state index contributed by atoms with van der Waals surface area (Å²) in [6.45, 7) is 3.65. The van der Waals surface area contributed by atoms with Gasteiger partial charge in [-0.3, -0.25) is 4.79 Å². The lowest BCUT2D eigenvalue weighted by atomic mass is 9.82. The van der Waals surface area contributed by atoms with Gasteiger partial charge in [0, 0.05) is 11.0 Å². The Morgan fingerprint density at radius 3 is 2.43 bits per heavy atom. The van der Waals surface area contributed by atoms with E-state index in [0.717, 1.165) is 4.47 Å². The van der Waals surface area contributed by atoms with Crippen LogP contribution in [0.5, 0.6) is 0 Å². The summed E-state index contributed by atoms with van der Waals surface area (Å²) in [6, 6.07) is 4.60. The Morgan fingerprint density at radius 2 is 1.95 bits per heavy atom. The fraction of sp³-hybridized carbons (Fsp3) is 0.429.